The van der Waals surface area contributed by atoms with Gasteiger partial charge in [0, 0.05) is 12.2 Å². The third kappa shape index (κ3) is 9.60. The van der Waals surface area contributed by atoms with Crippen molar-refractivity contribution in [1.29, 1.82) is 0 Å². The largest absolute Gasteiger partial charge is 0.445 e. The molecule has 0 saturated heterocycles. The van der Waals surface area contributed by atoms with Gasteiger partial charge in [-0.05, 0) is 47.5 Å². The van der Waals surface area contributed by atoms with E-state index in [4.69, 9.17) is 18.3 Å². The van der Waals surface area contributed by atoms with Gasteiger partial charge < -0.3 is 18.3 Å². The maximum Gasteiger partial charge on any atom is 0.416 e. The second kappa shape index (κ2) is 14.0. The number of ether oxygens (including phenoxy) is 2. The van der Waals surface area contributed by atoms with Gasteiger partial charge in [0.05, 0.1) is 37.6 Å². The van der Waals surface area contributed by atoms with Crippen molar-refractivity contribution in [2.45, 2.75) is 25.6 Å². The van der Waals surface area contributed by atoms with Crippen LogP contribution in [0.3, 0.4) is 0 Å². The van der Waals surface area contributed by atoms with Crippen LogP contribution in [0, 0.1) is 0 Å². The summed E-state index contributed by atoms with van der Waals surface area (Å²) in [5, 5.41) is 0. The first-order valence-electron chi connectivity index (χ1n) is 12.5. The van der Waals surface area contributed by atoms with Crippen LogP contribution in [0.5, 0.6) is 0 Å². The third-order valence-corrected chi connectivity index (χ3v) is 5.55. The van der Waals surface area contributed by atoms with Gasteiger partial charge in [-0.1, -0.05) is 36.4 Å². The van der Waals surface area contributed by atoms with Crippen LogP contribution in [0.2, 0.25) is 0 Å². The normalized spacial score (nSPS) is 12.8. The highest BCUT2D eigenvalue weighted by Gasteiger charge is 2.30. The molecule has 0 unspecified atom stereocenters. The molecule has 6 nitrogen and oxygen atoms in total. The number of oxazole rings is 2. The van der Waals surface area contributed by atoms with Crippen LogP contribution in [-0.2, 0) is 35.0 Å². The van der Waals surface area contributed by atoms with Crippen molar-refractivity contribution in [2.75, 3.05) is 13.2 Å². The summed E-state index contributed by atoms with van der Waals surface area (Å²) < 4.78 is 97.5. The summed E-state index contributed by atoms with van der Waals surface area (Å²) in [7, 11) is 0. The van der Waals surface area contributed by atoms with Crippen molar-refractivity contribution in [2.24, 2.45) is 0 Å². The average molecular weight is 591 g/mol. The number of nitrogens with zero attached hydrogens (tertiary/aromatic N) is 2. The Morgan fingerprint density at radius 3 is 1.31 bits per heavy atom. The van der Waals surface area contributed by atoms with Crippen LogP contribution in [0.25, 0.3) is 24.3 Å². The highest BCUT2D eigenvalue weighted by Crippen LogP contribution is 2.30. The molecule has 42 heavy (non-hydrogen) atoms. The first-order valence-corrected chi connectivity index (χ1v) is 12.5. The van der Waals surface area contributed by atoms with Crippen molar-refractivity contribution in [3.63, 3.8) is 0 Å². The minimum Gasteiger partial charge on any atom is -0.445 e. The number of aromatic nitrogens is 2. The molecule has 4 rings (SSSR count). The average Bonchev–Trinajstić information content (AvgIpc) is 3.61. The molecule has 0 amide bonds. The van der Waals surface area contributed by atoms with Crippen LogP contribution in [-0.4, -0.2) is 23.2 Å². The second-order valence-electron chi connectivity index (χ2n) is 8.76. The number of hydrogen-bond acceptors (Lipinski definition) is 6. The zero-order valence-corrected chi connectivity index (χ0v) is 21.9. The van der Waals surface area contributed by atoms with Gasteiger partial charge >= 0.3 is 12.4 Å². The molecule has 4 aromatic rings. The van der Waals surface area contributed by atoms with Crippen molar-refractivity contribution < 1.29 is 44.7 Å². The lowest BCUT2D eigenvalue weighted by Gasteiger charge is -2.05. The number of benzene rings is 2. The van der Waals surface area contributed by atoms with Gasteiger partial charge in [0.1, 0.15) is 23.9 Å². The smallest absolute Gasteiger partial charge is 0.416 e. The first kappa shape index (κ1) is 30.5. The van der Waals surface area contributed by atoms with E-state index in [2.05, 4.69) is 9.97 Å². The van der Waals surface area contributed by atoms with E-state index in [-0.39, 0.29) is 13.2 Å². The fourth-order valence-corrected chi connectivity index (χ4v) is 3.43. The van der Waals surface area contributed by atoms with Crippen molar-refractivity contribution >= 4 is 24.3 Å². The zero-order valence-electron chi connectivity index (χ0n) is 21.9. The summed E-state index contributed by atoms with van der Waals surface area (Å²) in [6.45, 7) is 1.00. The van der Waals surface area contributed by atoms with E-state index in [1.807, 2.05) is 0 Å². The molecule has 0 spiro atoms. The minimum atomic E-state index is -4.38. The van der Waals surface area contributed by atoms with Gasteiger partial charge in [-0.25, -0.2) is 9.97 Å². The predicted molar refractivity (Wildman–Crippen MR) is 142 cm³/mol. The Morgan fingerprint density at radius 1 is 0.571 bits per heavy atom. The van der Waals surface area contributed by atoms with Crippen LogP contribution in [0.15, 0.2) is 82.0 Å². The maximum absolute atomic E-state index is 12.6. The molecule has 0 bridgehead atoms. The monoisotopic (exact) mass is 590 g/mol. The van der Waals surface area contributed by atoms with Gasteiger partial charge in [-0.3, -0.25) is 0 Å². The summed E-state index contributed by atoms with van der Waals surface area (Å²) >= 11 is 0. The molecule has 0 atom stereocenters. The van der Waals surface area contributed by atoms with Gasteiger partial charge in [0.15, 0.2) is 0 Å². The van der Waals surface area contributed by atoms with Gasteiger partial charge in [-0.2, -0.15) is 26.3 Å². The second-order valence-corrected chi connectivity index (χ2v) is 8.76. The molecule has 0 aliphatic rings. The summed E-state index contributed by atoms with van der Waals surface area (Å²) in [5.74, 6) is 0.590. The maximum atomic E-state index is 12.6. The molecule has 0 saturated carbocycles. The molecule has 0 aliphatic heterocycles. The third-order valence-electron chi connectivity index (χ3n) is 5.55. The lowest BCUT2D eigenvalue weighted by atomic mass is 10.1. The topological polar surface area (TPSA) is 70.5 Å². The first-order chi connectivity index (χ1) is 20.1. The molecular formula is C30H24F6N2O4. The van der Waals surface area contributed by atoms with Crippen LogP contribution < -0.4 is 0 Å². The number of rotatable bonds is 12. The van der Waals surface area contributed by atoms with Crippen LogP contribution in [0.1, 0.15) is 45.4 Å². The molecule has 12 heteroatoms. The van der Waals surface area contributed by atoms with E-state index in [9.17, 15) is 26.3 Å². The summed E-state index contributed by atoms with van der Waals surface area (Å²) in [4.78, 5) is 8.48. The molecule has 220 valence electrons. The van der Waals surface area contributed by atoms with Crippen LogP contribution in [0.4, 0.5) is 26.3 Å². The van der Waals surface area contributed by atoms with Crippen molar-refractivity contribution in [3.05, 3.63) is 119 Å². The lowest BCUT2D eigenvalue weighted by molar-refractivity contribution is -0.138. The van der Waals surface area contributed by atoms with Gasteiger partial charge in [0.25, 0.3) is 0 Å². The Hall–Kier alpha value is -4.42. The Morgan fingerprint density at radius 2 is 0.952 bits per heavy atom. The fraction of sp³-hybridized carbons (Fsp3) is 0.200. The fourth-order valence-electron chi connectivity index (χ4n) is 3.43. The van der Waals surface area contributed by atoms with E-state index in [0.717, 1.165) is 24.3 Å². The van der Waals surface area contributed by atoms with Crippen LogP contribution >= 0.6 is 0 Å². The molecule has 2 aromatic heterocycles. The highest BCUT2D eigenvalue weighted by molar-refractivity contribution is 5.66. The van der Waals surface area contributed by atoms with E-state index in [1.165, 1.54) is 36.8 Å². The summed E-state index contributed by atoms with van der Waals surface area (Å²) in [5.41, 5.74) is 0.828. The quantitative estimate of drug-likeness (QED) is 0.0939. The SMILES string of the molecule is FC(F)(F)c1ccc(/C=C/c2nc(COC/C=C\COCc3coc(/C=C/c4ccc(C(F)(F)F)cc4)n3)co2)cc1. The molecule has 0 fully saturated rings. The van der Waals surface area contributed by atoms with Gasteiger partial charge in [-0.15, -0.1) is 0 Å². The van der Waals surface area contributed by atoms with Crippen molar-refractivity contribution in [1.82, 2.24) is 9.97 Å². The molecule has 0 radical (unpaired) electrons. The highest BCUT2D eigenvalue weighted by atomic mass is 19.4. The van der Waals surface area contributed by atoms with E-state index in [1.54, 1.807) is 36.5 Å². The molecule has 0 N–H and O–H groups in total. The lowest BCUT2D eigenvalue weighted by Crippen LogP contribution is -2.03. The molecule has 2 heterocycles. The van der Waals surface area contributed by atoms with E-state index >= 15 is 0 Å². The Balaban J connectivity index is 1.11. The number of alkyl halides is 6. The molecular weight excluding hydrogens is 566 g/mol. The Kier molecular flexibility index (Phi) is 10.2. The standard InChI is InChI=1S/C30H24F6N2O4/c31-29(32,33)23-9-3-21(4-10-23)7-13-27-37-25(19-41-27)17-39-15-1-2-16-40-18-26-20-42-28(38-26)14-8-22-5-11-24(12-6-22)30(34,35)36/h1-14,19-20H,15-18H2/b2-1-,13-7+,14-8+. The minimum absolute atomic E-state index is 0.199. The predicted octanol–water partition coefficient (Wildman–Crippen LogP) is 8.33. The Bertz CT molecular complexity index is 1380. The number of hydrogen-bond donors (Lipinski definition) is 0. The van der Waals surface area contributed by atoms with Crippen molar-refractivity contribution in [3.8, 4) is 0 Å². The van der Waals surface area contributed by atoms with E-state index in [0.29, 0.717) is 47.5 Å². The Labute approximate surface area is 236 Å². The van der Waals surface area contributed by atoms with Gasteiger partial charge in [0.2, 0.25) is 11.8 Å². The summed E-state index contributed by atoms with van der Waals surface area (Å²) in [6, 6.07) is 9.47. The molecule has 2 aromatic carbocycles. The molecule has 0 aliphatic carbocycles. The van der Waals surface area contributed by atoms with E-state index < -0.39 is 23.5 Å². The zero-order chi connectivity index (χ0) is 30.0. The summed E-state index contributed by atoms with van der Waals surface area (Å²) in [6.07, 6.45) is 3.95. The number of halogens is 6.